The normalized spacial score (nSPS) is 21.5. The van der Waals surface area contributed by atoms with Crippen LogP contribution in [-0.4, -0.2) is 53.3 Å². The van der Waals surface area contributed by atoms with Crippen LogP contribution in [0.4, 0.5) is 0 Å². The highest BCUT2D eigenvalue weighted by Gasteiger charge is 2.45. The summed E-state index contributed by atoms with van der Waals surface area (Å²) in [5.41, 5.74) is 1.02. The zero-order valence-electron chi connectivity index (χ0n) is 15.3. The number of sulfone groups is 2. The van der Waals surface area contributed by atoms with Crippen LogP contribution in [0.5, 0.6) is 5.75 Å². The summed E-state index contributed by atoms with van der Waals surface area (Å²) in [5, 5.41) is 2.53. The number of hydrogen-bond donors (Lipinski definition) is 1. The number of hydrogen-bond acceptors (Lipinski definition) is 6. The SMILES string of the molecule is COc1cccc(CCN[C@H]2CS(=O)(=O)C[C@@H]2S(=O)(=O)c2ccc(Cl)cc2)c1. The second kappa shape index (κ2) is 8.41. The lowest BCUT2D eigenvalue weighted by Gasteiger charge is -2.20. The van der Waals surface area contributed by atoms with Gasteiger partial charge in [-0.15, -0.1) is 0 Å². The molecule has 2 atom stereocenters. The minimum absolute atomic E-state index is 0.0820. The van der Waals surface area contributed by atoms with E-state index in [0.717, 1.165) is 11.3 Å². The average molecular weight is 444 g/mol. The summed E-state index contributed by atoms with van der Waals surface area (Å²) >= 11 is 5.83. The Bertz CT molecular complexity index is 1040. The van der Waals surface area contributed by atoms with Crippen molar-refractivity contribution in [3.05, 3.63) is 59.1 Å². The molecule has 2 aromatic rings. The first-order chi connectivity index (χ1) is 13.2. The zero-order valence-corrected chi connectivity index (χ0v) is 17.7. The molecule has 1 heterocycles. The topological polar surface area (TPSA) is 89.5 Å². The molecular formula is C19H22ClNO5S2. The van der Waals surface area contributed by atoms with Crippen LogP contribution in [-0.2, 0) is 26.1 Å². The molecule has 1 saturated heterocycles. The Labute approximate surface area is 170 Å². The van der Waals surface area contributed by atoms with Crippen molar-refractivity contribution >= 4 is 31.3 Å². The van der Waals surface area contributed by atoms with Gasteiger partial charge in [0, 0.05) is 11.1 Å². The highest BCUT2D eigenvalue weighted by Crippen LogP contribution is 2.27. The molecule has 0 aliphatic carbocycles. The fraction of sp³-hybridized carbons (Fsp3) is 0.368. The quantitative estimate of drug-likeness (QED) is 0.705. The smallest absolute Gasteiger partial charge is 0.183 e. The molecule has 1 aliphatic heterocycles. The summed E-state index contributed by atoms with van der Waals surface area (Å²) in [4.78, 5) is 0.0820. The van der Waals surface area contributed by atoms with E-state index in [1.54, 1.807) is 7.11 Å². The van der Waals surface area contributed by atoms with E-state index in [0.29, 0.717) is 18.0 Å². The summed E-state index contributed by atoms with van der Waals surface area (Å²) < 4.78 is 55.5. The number of benzene rings is 2. The van der Waals surface area contributed by atoms with Crippen molar-refractivity contribution in [2.45, 2.75) is 22.6 Å². The van der Waals surface area contributed by atoms with E-state index in [1.165, 1.54) is 24.3 Å². The number of ether oxygens (including phenoxy) is 1. The Hall–Kier alpha value is -1.61. The molecule has 6 nitrogen and oxygen atoms in total. The van der Waals surface area contributed by atoms with Gasteiger partial charge in [-0.3, -0.25) is 0 Å². The van der Waals surface area contributed by atoms with Gasteiger partial charge >= 0.3 is 0 Å². The molecular weight excluding hydrogens is 422 g/mol. The van der Waals surface area contributed by atoms with Gasteiger partial charge in [0.15, 0.2) is 19.7 Å². The Balaban J connectivity index is 1.74. The van der Waals surface area contributed by atoms with Gasteiger partial charge in [-0.25, -0.2) is 16.8 Å². The molecule has 0 unspecified atom stereocenters. The van der Waals surface area contributed by atoms with E-state index in [9.17, 15) is 16.8 Å². The number of nitrogens with one attached hydrogen (secondary N) is 1. The van der Waals surface area contributed by atoms with Crippen LogP contribution >= 0.6 is 11.6 Å². The van der Waals surface area contributed by atoms with Gasteiger partial charge in [-0.05, 0) is 54.9 Å². The van der Waals surface area contributed by atoms with Crippen LogP contribution in [0.3, 0.4) is 0 Å². The second-order valence-electron chi connectivity index (χ2n) is 6.78. The predicted octanol–water partition coefficient (Wildman–Crippen LogP) is 2.12. The van der Waals surface area contributed by atoms with Gasteiger partial charge in [0.2, 0.25) is 0 Å². The third-order valence-corrected chi connectivity index (χ3v) is 9.21. The lowest BCUT2D eigenvalue weighted by atomic mass is 10.1. The average Bonchev–Trinajstić information content (AvgIpc) is 2.97. The van der Waals surface area contributed by atoms with Crippen molar-refractivity contribution in [3.63, 3.8) is 0 Å². The highest BCUT2D eigenvalue weighted by molar-refractivity contribution is 7.96. The molecule has 0 saturated carbocycles. The maximum atomic E-state index is 13.0. The van der Waals surface area contributed by atoms with Crippen LogP contribution in [0.2, 0.25) is 5.02 Å². The van der Waals surface area contributed by atoms with Crippen LogP contribution in [0.25, 0.3) is 0 Å². The molecule has 9 heteroatoms. The molecule has 0 amide bonds. The Kier molecular flexibility index (Phi) is 6.34. The monoisotopic (exact) mass is 443 g/mol. The van der Waals surface area contributed by atoms with Crippen LogP contribution in [0, 0.1) is 0 Å². The summed E-state index contributed by atoms with van der Waals surface area (Å²) in [6.45, 7) is 0.458. The molecule has 0 radical (unpaired) electrons. The first-order valence-electron chi connectivity index (χ1n) is 8.77. The molecule has 2 aromatic carbocycles. The van der Waals surface area contributed by atoms with Gasteiger partial charge in [-0.2, -0.15) is 0 Å². The van der Waals surface area contributed by atoms with Crippen LogP contribution in [0.1, 0.15) is 5.56 Å². The Morgan fingerprint density at radius 3 is 2.54 bits per heavy atom. The molecule has 28 heavy (non-hydrogen) atoms. The van der Waals surface area contributed by atoms with E-state index in [2.05, 4.69) is 5.32 Å². The zero-order chi connectivity index (χ0) is 20.4. The van der Waals surface area contributed by atoms with E-state index in [-0.39, 0.29) is 16.4 Å². The summed E-state index contributed by atoms with van der Waals surface area (Å²) in [5.74, 6) is 0.168. The minimum atomic E-state index is -3.80. The van der Waals surface area contributed by atoms with Gasteiger partial charge in [-0.1, -0.05) is 23.7 Å². The molecule has 152 valence electrons. The van der Waals surface area contributed by atoms with E-state index >= 15 is 0 Å². The van der Waals surface area contributed by atoms with Gasteiger partial charge in [0.1, 0.15) is 5.75 Å². The van der Waals surface area contributed by atoms with E-state index in [4.69, 9.17) is 16.3 Å². The van der Waals surface area contributed by atoms with Gasteiger partial charge in [0.05, 0.1) is 28.8 Å². The van der Waals surface area contributed by atoms with E-state index in [1.807, 2.05) is 24.3 Å². The van der Waals surface area contributed by atoms with Crippen molar-refractivity contribution in [2.75, 3.05) is 25.2 Å². The van der Waals surface area contributed by atoms with Crippen molar-refractivity contribution in [1.82, 2.24) is 5.32 Å². The number of methoxy groups -OCH3 is 1. The fourth-order valence-corrected chi connectivity index (χ4v) is 8.18. The molecule has 1 N–H and O–H groups in total. The number of rotatable bonds is 7. The van der Waals surface area contributed by atoms with Crippen molar-refractivity contribution in [1.29, 1.82) is 0 Å². The largest absolute Gasteiger partial charge is 0.497 e. The summed E-state index contributed by atoms with van der Waals surface area (Å²) in [7, 11) is -5.65. The Morgan fingerprint density at radius 1 is 1.14 bits per heavy atom. The van der Waals surface area contributed by atoms with Crippen LogP contribution < -0.4 is 10.1 Å². The van der Waals surface area contributed by atoms with Crippen LogP contribution in [0.15, 0.2) is 53.4 Å². The molecule has 3 rings (SSSR count). The summed E-state index contributed by atoms with van der Waals surface area (Å²) in [6.07, 6.45) is 0.626. The maximum absolute atomic E-state index is 13.0. The molecule has 1 fully saturated rings. The highest BCUT2D eigenvalue weighted by atomic mass is 35.5. The summed E-state index contributed by atoms with van der Waals surface area (Å²) in [6, 6.07) is 12.7. The van der Waals surface area contributed by atoms with Crippen molar-refractivity contribution in [3.8, 4) is 5.75 Å². The predicted molar refractivity (Wildman–Crippen MR) is 110 cm³/mol. The third-order valence-electron chi connectivity index (χ3n) is 4.80. The van der Waals surface area contributed by atoms with Gasteiger partial charge in [0.25, 0.3) is 0 Å². The third kappa shape index (κ3) is 4.86. The standard InChI is InChI=1S/C19H22ClNO5S2/c1-26-16-4-2-3-14(11-16)9-10-21-18-12-27(22,23)13-19(18)28(24,25)17-7-5-15(20)6-8-17/h2-8,11,18-19,21H,9-10,12-13H2,1H3/t18-,19-/m0/s1. The van der Waals surface area contributed by atoms with Gasteiger partial charge < -0.3 is 10.1 Å². The fourth-order valence-electron chi connectivity index (χ4n) is 3.34. The molecule has 0 aromatic heterocycles. The number of halogens is 1. The first-order valence-corrected chi connectivity index (χ1v) is 12.5. The van der Waals surface area contributed by atoms with E-state index < -0.39 is 31.0 Å². The molecule has 0 bridgehead atoms. The first kappa shape index (κ1) is 21.1. The molecule has 1 aliphatic rings. The molecule has 0 spiro atoms. The maximum Gasteiger partial charge on any atom is 0.183 e. The van der Waals surface area contributed by atoms with Crippen molar-refractivity contribution < 1.29 is 21.6 Å². The lowest BCUT2D eigenvalue weighted by molar-refractivity contribution is 0.414. The lowest BCUT2D eigenvalue weighted by Crippen LogP contribution is -2.44. The Morgan fingerprint density at radius 2 is 1.86 bits per heavy atom. The second-order valence-corrected chi connectivity index (χ2v) is 11.5. The van der Waals surface area contributed by atoms with Crippen molar-refractivity contribution in [2.24, 2.45) is 0 Å². The minimum Gasteiger partial charge on any atom is -0.497 e.